The van der Waals surface area contributed by atoms with E-state index in [1.165, 1.54) is 25.5 Å². The molecule has 0 bridgehead atoms. The van der Waals surface area contributed by atoms with E-state index in [0.29, 0.717) is 12.0 Å². The number of carbonyl (C=O) groups is 2. The van der Waals surface area contributed by atoms with Crippen molar-refractivity contribution >= 4 is 17.6 Å². The Kier molecular flexibility index (Phi) is 5.66. The number of hydrogen-bond acceptors (Lipinski definition) is 4. The summed E-state index contributed by atoms with van der Waals surface area (Å²) < 4.78 is 5.01. The van der Waals surface area contributed by atoms with Crippen LogP contribution in [0.5, 0.6) is 0 Å². The molecule has 1 N–H and O–H groups in total. The van der Waals surface area contributed by atoms with Crippen LogP contribution in [0.15, 0.2) is 12.1 Å². The summed E-state index contributed by atoms with van der Waals surface area (Å²) in [7, 11) is 1.43. The van der Waals surface area contributed by atoms with E-state index in [1.807, 2.05) is 13.8 Å². The predicted octanol–water partition coefficient (Wildman–Crippen LogP) is 3.36. The standard InChI is InChI=1S/C21H30N2O3/c1-13-9-14(2)20(15(3)10-13)22-19(24)12-23-17-8-6-5-7-16(17)11-18(23)21(25)26-4/h9-10,16-18H,5-8,11-12H2,1-4H3,(H,22,24)/t16-,17+,18+/m1/s1. The van der Waals surface area contributed by atoms with Crippen molar-refractivity contribution in [3.05, 3.63) is 28.8 Å². The molecule has 2 fully saturated rings. The van der Waals surface area contributed by atoms with Gasteiger partial charge < -0.3 is 10.1 Å². The number of amides is 1. The average molecular weight is 358 g/mol. The Morgan fingerprint density at radius 2 is 1.81 bits per heavy atom. The average Bonchev–Trinajstić information content (AvgIpc) is 2.96. The number of likely N-dealkylation sites (tertiary alicyclic amines) is 1. The van der Waals surface area contributed by atoms with E-state index in [0.717, 1.165) is 36.1 Å². The molecule has 26 heavy (non-hydrogen) atoms. The van der Waals surface area contributed by atoms with Crippen molar-refractivity contribution < 1.29 is 14.3 Å². The maximum absolute atomic E-state index is 12.8. The Morgan fingerprint density at radius 1 is 1.15 bits per heavy atom. The van der Waals surface area contributed by atoms with Crippen LogP contribution in [0.2, 0.25) is 0 Å². The molecule has 0 unspecified atom stereocenters. The third kappa shape index (κ3) is 3.78. The van der Waals surface area contributed by atoms with Gasteiger partial charge in [-0.05, 0) is 57.1 Å². The third-order valence-electron chi connectivity index (χ3n) is 5.96. The number of anilines is 1. The molecule has 1 aromatic carbocycles. The number of benzene rings is 1. The van der Waals surface area contributed by atoms with Crippen molar-refractivity contribution in [1.29, 1.82) is 0 Å². The van der Waals surface area contributed by atoms with Crippen LogP contribution in [-0.2, 0) is 14.3 Å². The van der Waals surface area contributed by atoms with Gasteiger partial charge in [-0.1, -0.05) is 30.5 Å². The summed E-state index contributed by atoms with van der Waals surface area (Å²) in [6.07, 6.45) is 5.41. The molecule has 142 valence electrons. The van der Waals surface area contributed by atoms with Gasteiger partial charge in [0.1, 0.15) is 6.04 Å². The molecule has 5 heteroatoms. The van der Waals surface area contributed by atoms with Crippen LogP contribution in [0.1, 0.15) is 48.8 Å². The van der Waals surface area contributed by atoms with E-state index in [-0.39, 0.29) is 24.5 Å². The fourth-order valence-electron chi connectivity index (χ4n) is 4.87. The largest absolute Gasteiger partial charge is 0.468 e. The highest BCUT2D eigenvalue weighted by molar-refractivity contribution is 5.94. The summed E-state index contributed by atoms with van der Waals surface area (Å²) in [6, 6.07) is 4.18. The number of hydrogen-bond donors (Lipinski definition) is 1. The molecular formula is C21H30N2O3. The fourth-order valence-corrected chi connectivity index (χ4v) is 4.87. The first kappa shape index (κ1) is 18.9. The maximum Gasteiger partial charge on any atom is 0.323 e. The first-order chi connectivity index (χ1) is 12.4. The summed E-state index contributed by atoms with van der Waals surface area (Å²) >= 11 is 0. The lowest BCUT2D eigenvalue weighted by Crippen LogP contribution is -2.46. The van der Waals surface area contributed by atoms with Crippen molar-refractivity contribution in [2.45, 2.75) is 65.0 Å². The topological polar surface area (TPSA) is 58.6 Å². The Labute approximate surface area is 156 Å². The van der Waals surface area contributed by atoms with Crippen molar-refractivity contribution in [2.75, 3.05) is 19.0 Å². The second-order valence-electron chi connectivity index (χ2n) is 7.88. The van der Waals surface area contributed by atoms with Gasteiger partial charge in [0.05, 0.1) is 13.7 Å². The van der Waals surface area contributed by atoms with E-state index in [9.17, 15) is 9.59 Å². The summed E-state index contributed by atoms with van der Waals surface area (Å²) in [6.45, 7) is 6.33. The van der Waals surface area contributed by atoms with Crippen molar-refractivity contribution in [2.24, 2.45) is 5.92 Å². The normalized spacial score (nSPS) is 25.6. The Hall–Kier alpha value is -1.88. The minimum atomic E-state index is -0.293. The first-order valence-electron chi connectivity index (χ1n) is 9.62. The zero-order valence-corrected chi connectivity index (χ0v) is 16.3. The van der Waals surface area contributed by atoms with Crippen LogP contribution in [0.3, 0.4) is 0 Å². The van der Waals surface area contributed by atoms with Gasteiger partial charge in [0, 0.05) is 11.7 Å². The molecule has 0 radical (unpaired) electrons. The number of rotatable bonds is 4. The van der Waals surface area contributed by atoms with Gasteiger partial charge in [0.15, 0.2) is 0 Å². The summed E-state index contributed by atoms with van der Waals surface area (Å²) in [5.41, 5.74) is 4.21. The number of nitrogens with one attached hydrogen (secondary N) is 1. The number of nitrogens with zero attached hydrogens (tertiary/aromatic N) is 1. The van der Waals surface area contributed by atoms with Crippen LogP contribution in [0.4, 0.5) is 5.69 Å². The van der Waals surface area contributed by atoms with Crippen LogP contribution >= 0.6 is 0 Å². The number of ether oxygens (including phenoxy) is 1. The maximum atomic E-state index is 12.8. The van der Waals surface area contributed by atoms with Gasteiger partial charge in [-0.25, -0.2) is 0 Å². The van der Waals surface area contributed by atoms with Gasteiger partial charge in [-0.3, -0.25) is 14.5 Å². The molecule has 2 aliphatic rings. The summed E-state index contributed by atoms with van der Waals surface area (Å²) in [5, 5.41) is 3.07. The predicted molar refractivity (Wildman–Crippen MR) is 102 cm³/mol. The van der Waals surface area contributed by atoms with E-state index >= 15 is 0 Å². The zero-order chi connectivity index (χ0) is 18.8. The number of carbonyl (C=O) groups excluding carboxylic acids is 2. The fraction of sp³-hybridized carbons (Fsp3) is 0.619. The zero-order valence-electron chi connectivity index (χ0n) is 16.3. The molecule has 3 rings (SSSR count). The molecule has 1 amide bonds. The molecule has 0 aromatic heterocycles. The van der Waals surface area contributed by atoms with Gasteiger partial charge in [0.2, 0.25) is 5.91 Å². The van der Waals surface area contributed by atoms with E-state index < -0.39 is 0 Å². The Morgan fingerprint density at radius 3 is 2.46 bits per heavy atom. The van der Waals surface area contributed by atoms with Crippen LogP contribution in [0, 0.1) is 26.7 Å². The van der Waals surface area contributed by atoms with E-state index in [2.05, 4.69) is 29.3 Å². The smallest absolute Gasteiger partial charge is 0.323 e. The lowest BCUT2D eigenvalue weighted by molar-refractivity contribution is -0.146. The molecule has 1 aliphatic heterocycles. The SMILES string of the molecule is COC(=O)[C@@H]1C[C@H]2CCCC[C@@H]2N1CC(=O)Nc1c(C)cc(C)cc1C. The molecular weight excluding hydrogens is 328 g/mol. The Balaban J connectivity index is 1.75. The molecule has 1 aliphatic carbocycles. The highest BCUT2D eigenvalue weighted by Gasteiger charge is 2.46. The lowest BCUT2D eigenvalue weighted by Gasteiger charge is -2.32. The van der Waals surface area contributed by atoms with E-state index in [1.54, 1.807) is 0 Å². The van der Waals surface area contributed by atoms with Crippen molar-refractivity contribution in [3.8, 4) is 0 Å². The number of esters is 1. The minimum Gasteiger partial charge on any atom is -0.468 e. The molecule has 1 saturated carbocycles. The second-order valence-corrected chi connectivity index (χ2v) is 7.88. The summed E-state index contributed by atoms with van der Waals surface area (Å²) in [4.78, 5) is 27.1. The van der Waals surface area contributed by atoms with Crippen molar-refractivity contribution in [3.63, 3.8) is 0 Å². The third-order valence-corrected chi connectivity index (χ3v) is 5.96. The molecule has 1 saturated heterocycles. The van der Waals surface area contributed by atoms with E-state index in [4.69, 9.17) is 4.74 Å². The second kappa shape index (κ2) is 7.78. The summed E-state index contributed by atoms with van der Waals surface area (Å²) in [5.74, 6) is 0.235. The number of methoxy groups -OCH3 is 1. The first-order valence-corrected chi connectivity index (χ1v) is 9.62. The molecule has 3 atom stereocenters. The van der Waals surface area contributed by atoms with Gasteiger partial charge in [-0.2, -0.15) is 0 Å². The van der Waals surface area contributed by atoms with Gasteiger partial charge in [-0.15, -0.1) is 0 Å². The monoisotopic (exact) mass is 358 g/mol. The molecule has 1 aromatic rings. The molecule has 0 spiro atoms. The highest BCUT2D eigenvalue weighted by Crippen LogP contribution is 2.40. The van der Waals surface area contributed by atoms with Crippen LogP contribution < -0.4 is 5.32 Å². The Bertz CT molecular complexity index is 677. The lowest BCUT2D eigenvalue weighted by atomic mass is 9.85. The highest BCUT2D eigenvalue weighted by atomic mass is 16.5. The van der Waals surface area contributed by atoms with Crippen molar-refractivity contribution in [1.82, 2.24) is 4.90 Å². The molecule has 1 heterocycles. The number of aryl methyl sites for hydroxylation is 3. The van der Waals surface area contributed by atoms with Crippen LogP contribution in [-0.4, -0.2) is 42.5 Å². The van der Waals surface area contributed by atoms with Gasteiger partial charge >= 0.3 is 5.97 Å². The van der Waals surface area contributed by atoms with Gasteiger partial charge in [0.25, 0.3) is 0 Å². The van der Waals surface area contributed by atoms with Crippen LogP contribution in [0.25, 0.3) is 0 Å². The quantitative estimate of drug-likeness (QED) is 0.839. The number of fused-ring (bicyclic) bond motifs is 1. The minimum absolute atomic E-state index is 0.0554. The molecule has 5 nitrogen and oxygen atoms in total.